The van der Waals surface area contributed by atoms with E-state index in [1.165, 1.54) is 25.2 Å². The van der Waals surface area contributed by atoms with Crippen LogP contribution in [0.2, 0.25) is 0 Å². The molecule has 1 atom stereocenters. The molecule has 1 aromatic heterocycles. The second-order valence-corrected chi connectivity index (χ2v) is 7.62. The first-order valence-electron chi connectivity index (χ1n) is 9.12. The van der Waals surface area contributed by atoms with Crippen LogP contribution in [-0.2, 0) is 9.53 Å². The maximum Gasteiger partial charge on any atom is 0.349 e. The van der Waals surface area contributed by atoms with Crippen molar-refractivity contribution in [3.05, 3.63) is 76.0 Å². The normalized spacial score (nSPS) is 11.6. The van der Waals surface area contributed by atoms with Crippen molar-refractivity contribution < 1.29 is 19.1 Å². The molecule has 5 nitrogen and oxygen atoms in total. The minimum atomic E-state index is -0.969. The molecule has 0 aliphatic carbocycles. The summed E-state index contributed by atoms with van der Waals surface area (Å²) in [5, 5.41) is 4.51. The molecule has 0 saturated heterocycles. The van der Waals surface area contributed by atoms with Gasteiger partial charge in [-0.25, -0.2) is 4.79 Å². The third-order valence-corrected chi connectivity index (χ3v) is 5.32. The van der Waals surface area contributed by atoms with Crippen LogP contribution in [0.5, 0.6) is 0 Å². The highest BCUT2D eigenvalue weighted by molar-refractivity contribution is 7.12. The van der Waals surface area contributed by atoms with Crippen LogP contribution in [0.3, 0.4) is 0 Å². The second kappa shape index (κ2) is 8.84. The van der Waals surface area contributed by atoms with E-state index in [1.54, 1.807) is 24.3 Å². The quantitative estimate of drug-likeness (QED) is 0.455. The molecule has 148 valence electrons. The van der Waals surface area contributed by atoms with Gasteiger partial charge < -0.3 is 10.1 Å². The summed E-state index contributed by atoms with van der Waals surface area (Å²) in [6.07, 6.45) is -0.969. The number of rotatable bonds is 6. The van der Waals surface area contributed by atoms with Crippen molar-refractivity contribution in [3.8, 4) is 11.1 Å². The highest BCUT2D eigenvalue weighted by Crippen LogP contribution is 2.29. The van der Waals surface area contributed by atoms with E-state index in [9.17, 15) is 14.4 Å². The van der Waals surface area contributed by atoms with Gasteiger partial charge in [-0.3, -0.25) is 9.59 Å². The van der Waals surface area contributed by atoms with Crippen LogP contribution < -0.4 is 5.32 Å². The predicted molar refractivity (Wildman–Crippen MR) is 114 cm³/mol. The number of ether oxygens (including phenoxy) is 1. The Morgan fingerprint density at radius 3 is 2.24 bits per heavy atom. The molecule has 2 aromatic carbocycles. The van der Waals surface area contributed by atoms with Crippen LogP contribution in [-0.4, -0.2) is 23.8 Å². The van der Waals surface area contributed by atoms with E-state index < -0.39 is 18.0 Å². The van der Waals surface area contributed by atoms with Crippen LogP contribution in [0, 0.1) is 6.92 Å². The van der Waals surface area contributed by atoms with Gasteiger partial charge in [0.25, 0.3) is 5.91 Å². The zero-order chi connectivity index (χ0) is 21.0. The molecule has 29 heavy (non-hydrogen) atoms. The van der Waals surface area contributed by atoms with Crippen molar-refractivity contribution in [2.24, 2.45) is 0 Å². The molecule has 1 amide bonds. The van der Waals surface area contributed by atoms with E-state index in [1.807, 2.05) is 42.6 Å². The first-order chi connectivity index (χ1) is 13.8. The Labute approximate surface area is 173 Å². The summed E-state index contributed by atoms with van der Waals surface area (Å²) < 4.78 is 5.38. The molecule has 0 aliphatic rings. The molecule has 0 unspecified atom stereocenters. The number of amides is 1. The molecular weight excluding hydrogens is 386 g/mol. The number of anilines is 1. The van der Waals surface area contributed by atoms with E-state index in [0.29, 0.717) is 16.1 Å². The first kappa shape index (κ1) is 20.5. The van der Waals surface area contributed by atoms with Gasteiger partial charge in [-0.15, -0.1) is 11.3 Å². The molecule has 1 N–H and O–H groups in total. The van der Waals surface area contributed by atoms with Gasteiger partial charge in [0.15, 0.2) is 11.9 Å². The standard InChI is InChI=1S/C23H21NO4S/c1-14-4-6-18(7-5-14)20-12-13-29-21(20)23(27)28-16(3)22(26)24-19-10-8-17(9-11-19)15(2)25/h4-13,16H,1-3H3,(H,24,26)/t16-/m0/s1. The van der Waals surface area contributed by atoms with Gasteiger partial charge in [-0.1, -0.05) is 29.8 Å². The Hall–Kier alpha value is -3.25. The molecular formula is C23H21NO4S. The van der Waals surface area contributed by atoms with E-state index in [-0.39, 0.29) is 5.78 Å². The SMILES string of the molecule is CC(=O)c1ccc(NC(=O)[C@H](C)OC(=O)c2sccc2-c2ccc(C)cc2)cc1. The molecule has 3 aromatic rings. The van der Waals surface area contributed by atoms with Crippen LogP contribution >= 0.6 is 11.3 Å². The maximum atomic E-state index is 12.6. The van der Waals surface area contributed by atoms with Gasteiger partial charge >= 0.3 is 5.97 Å². The smallest absolute Gasteiger partial charge is 0.349 e. The average Bonchev–Trinajstić information content (AvgIpc) is 3.19. The number of thiophene rings is 1. The highest BCUT2D eigenvalue weighted by atomic mass is 32.1. The average molecular weight is 407 g/mol. The van der Waals surface area contributed by atoms with Crippen LogP contribution in [0.15, 0.2) is 60.0 Å². The van der Waals surface area contributed by atoms with Crippen molar-refractivity contribution in [1.82, 2.24) is 0 Å². The van der Waals surface area contributed by atoms with Crippen molar-refractivity contribution >= 4 is 34.7 Å². The summed E-state index contributed by atoms with van der Waals surface area (Å²) in [5.74, 6) is -1.03. The van der Waals surface area contributed by atoms with E-state index in [4.69, 9.17) is 4.74 Å². The number of hydrogen-bond acceptors (Lipinski definition) is 5. The second-order valence-electron chi connectivity index (χ2n) is 6.70. The van der Waals surface area contributed by atoms with Gasteiger partial charge in [0.05, 0.1) is 0 Å². The van der Waals surface area contributed by atoms with E-state index in [2.05, 4.69) is 5.32 Å². The Morgan fingerprint density at radius 1 is 0.966 bits per heavy atom. The van der Waals surface area contributed by atoms with Gasteiger partial charge in [0.1, 0.15) is 4.88 Å². The summed E-state index contributed by atoms with van der Waals surface area (Å²) in [6.45, 7) is 5.00. The third-order valence-electron chi connectivity index (χ3n) is 4.43. The number of ketones is 1. The maximum absolute atomic E-state index is 12.6. The Bertz CT molecular complexity index is 1040. The zero-order valence-electron chi connectivity index (χ0n) is 16.4. The molecule has 0 bridgehead atoms. The lowest BCUT2D eigenvalue weighted by atomic mass is 10.1. The van der Waals surface area contributed by atoms with Crippen LogP contribution in [0.25, 0.3) is 11.1 Å². The lowest BCUT2D eigenvalue weighted by Gasteiger charge is -2.14. The molecule has 1 heterocycles. The van der Waals surface area contributed by atoms with Crippen molar-refractivity contribution in [3.63, 3.8) is 0 Å². The van der Waals surface area contributed by atoms with Crippen molar-refractivity contribution in [2.75, 3.05) is 5.32 Å². The molecule has 0 spiro atoms. The fraction of sp³-hybridized carbons (Fsp3) is 0.174. The fourth-order valence-corrected chi connectivity index (χ4v) is 3.52. The summed E-state index contributed by atoms with van der Waals surface area (Å²) in [4.78, 5) is 36.8. The van der Waals surface area contributed by atoms with Gasteiger partial charge in [0.2, 0.25) is 0 Å². The minimum Gasteiger partial charge on any atom is -0.448 e. The number of benzene rings is 2. The number of carbonyl (C=O) groups is 3. The summed E-state index contributed by atoms with van der Waals surface area (Å²) in [5.41, 5.74) is 3.93. The van der Waals surface area contributed by atoms with Crippen molar-refractivity contribution in [2.45, 2.75) is 26.9 Å². The first-order valence-corrected chi connectivity index (χ1v) is 10.0. The topological polar surface area (TPSA) is 72.5 Å². The number of Topliss-reactive ketones (excluding diaryl/α,β-unsaturated/α-hetero) is 1. The van der Waals surface area contributed by atoms with Gasteiger partial charge in [-0.2, -0.15) is 0 Å². The molecule has 0 saturated carbocycles. The lowest BCUT2D eigenvalue weighted by molar-refractivity contribution is -0.123. The van der Waals surface area contributed by atoms with Crippen LogP contribution in [0.4, 0.5) is 5.69 Å². The largest absolute Gasteiger partial charge is 0.448 e. The molecule has 3 rings (SSSR count). The number of esters is 1. The summed E-state index contributed by atoms with van der Waals surface area (Å²) >= 11 is 1.28. The zero-order valence-corrected chi connectivity index (χ0v) is 17.2. The number of carbonyl (C=O) groups excluding carboxylic acids is 3. The molecule has 0 aliphatic heterocycles. The number of nitrogens with one attached hydrogen (secondary N) is 1. The number of hydrogen-bond donors (Lipinski definition) is 1. The molecule has 0 radical (unpaired) electrons. The Morgan fingerprint density at radius 2 is 1.62 bits per heavy atom. The van der Waals surface area contributed by atoms with Crippen LogP contribution in [0.1, 0.15) is 39.4 Å². The lowest BCUT2D eigenvalue weighted by Crippen LogP contribution is -2.29. The fourth-order valence-electron chi connectivity index (χ4n) is 2.73. The Balaban J connectivity index is 1.66. The number of aryl methyl sites for hydroxylation is 1. The minimum absolute atomic E-state index is 0.0505. The third kappa shape index (κ3) is 4.97. The predicted octanol–water partition coefficient (Wildman–Crippen LogP) is 5.11. The van der Waals surface area contributed by atoms with E-state index in [0.717, 1.165) is 16.7 Å². The van der Waals surface area contributed by atoms with Crippen molar-refractivity contribution in [1.29, 1.82) is 0 Å². The highest BCUT2D eigenvalue weighted by Gasteiger charge is 2.22. The van der Waals surface area contributed by atoms with Gasteiger partial charge in [-0.05, 0) is 62.0 Å². The monoisotopic (exact) mass is 407 g/mol. The van der Waals surface area contributed by atoms with E-state index >= 15 is 0 Å². The molecule has 6 heteroatoms. The van der Waals surface area contributed by atoms with Gasteiger partial charge in [0, 0.05) is 16.8 Å². The summed E-state index contributed by atoms with van der Waals surface area (Å²) in [6, 6.07) is 16.3. The Kier molecular flexibility index (Phi) is 6.24. The summed E-state index contributed by atoms with van der Waals surface area (Å²) in [7, 11) is 0. The molecule has 0 fully saturated rings.